The van der Waals surface area contributed by atoms with Gasteiger partial charge >= 0.3 is 0 Å². The molecule has 0 aromatic heterocycles. The van der Waals surface area contributed by atoms with Crippen molar-refractivity contribution >= 4 is 30.1 Å². The molecule has 9 heteroatoms. The Balaban J connectivity index is 0.00000288. The third-order valence-electron chi connectivity index (χ3n) is 3.56. The van der Waals surface area contributed by atoms with Crippen LogP contribution >= 0.6 is 12.4 Å². The molecule has 1 heterocycles. The SMILES string of the molecule is Cl.NCC(=O)NCC(=O)N1CCN(Cc2cccc(F)c2)C(=O)C1. The van der Waals surface area contributed by atoms with Crippen LogP contribution in [0.4, 0.5) is 4.39 Å². The number of piperazine rings is 1. The fourth-order valence-electron chi connectivity index (χ4n) is 2.30. The van der Waals surface area contributed by atoms with E-state index in [9.17, 15) is 18.8 Å². The van der Waals surface area contributed by atoms with Gasteiger partial charge in [0.2, 0.25) is 17.7 Å². The molecule has 0 unspecified atom stereocenters. The molecule has 7 nitrogen and oxygen atoms in total. The lowest BCUT2D eigenvalue weighted by Crippen LogP contribution is -2.54. The minimum Gasteiger partial charge on any atom is -0.346 e. The zero-order valence-electron chi connectivity index (χ0n) is 13.0. The number of benzene rings is 1. The summed E-state index contributed by atoms with van der Waals surface area (Å²) in [6.45, 7) is 0.639. The van der Waals surface area contributed by atoms with Crippen molar-refractivity contribution in [2.75, 3.05) is 32.7 Å². The van der Waals surface area contributed by atoms with E-state index in [1.54, 1.807) is 17.0 Å². The van der Waals surface area contributed by atoms with Crippen molar-refractivity contribution < 1.29 is 18.8 Å². The van der Waals surface area contributed by atoms with Gasteiger partial charge in [-0.05, 0) is 17.7 Å². The van der Waals surface area contributed by atoms with Gasteiger partial charge in [0.25, 0.3) is 0 Å². The molecule has 1 aliphatic heterocycles. The first-order valence-electron chi connectivity index (χ1n) is 7.26. The minimum absolute atomic E-state index is 0. The molecule has 0 aliphatic carbocycles. The van der Waals surface area contributed by atoms with Crippen LogP contribution in [-0.4, -0.2) is 60.2 Å². The zero-order valence-corrected chi connectivity index (χ0v) is 13.9. The highest BCUT2D eigenvalue weighted by Gasteiger charge is 2.27. The number of hydrogen-bond donors (Lipinski definition) is 2. The van der Waals surface area contributed by atoms with E-state index in [0.717, 1.165) is 0 Å². The van der Waals surface area contributed by atoms with Crippen LogP contribution in [0.1, 0.15) is 5.56 Å². The number of amides is 3. The number of carbonyl (C=O) groups is 3. The molecule has 0 bridgehead atoms. The number of nitrogens with zero attached hydrogens (tertiary/aromatic N) is 2. The van der Waals surface area contributed by atoms with Crippen molar-refractivity contribution in [1.29, 1.82) is 0 Å². The Kier molecular flexibility index (Phi) is 7.60. The lowest BCUT2D eigenvalue weighted by Gasteiger charge is -2.34. The Labute approximate surface area is 145 Å². The Morgan fingerprint density at radius 1 is 1.29 bits per heavy atom. The first-order chi connectivity index (χ1) is 11.0. The van der Waals surface area contributed by atoms with Gasteiger partial charge in [-0.2, -0.15) is 0 Å². The second-order valence-electron chi connectivity index (χ2n) is 5.24. The van der Waals surface area contributed by atoms with Crippen molar-refractivity contribution in [1.82, 2.24) is 15.1 Å². The van der Waals surface area contributed by atoms with Crippen LogP contribution in [0.15, 0.2) is 24.3 Å². The second kappa shape index (κ2) is 9.19. The smallest absolute Gasteiger partial charge is 0.242 e. The molecule has 1 aliphatic rings. The van der Waals surface area contributed by atoms with E-state index >= 15 is 0 Å². The van der Waals surface area contributed by atoms with Gasteiger partial charge in [-0.15, -0.1) is 12.4 Å². The van der Waals surface area contributed by atoms with Crippen molar-refractivity contribution in [3.8, 4) is 0 Å². The van der Waals surface area contributed by atoms with Crippen LogP contribution < -0.4 is 11.1 Å². The quantitative estimate of drug-likeness (QED) is 0.741. The highest BCUT2D eigenvalue weighted by atomic mass is 35.5. The molecule has 1 saturated heterocycles. The monoisotopic (exact) mass is 358 g/mol. The molecule has 1 fully saturated rings. The second-order valence-corrected chi connectivity index (χ2v) is 5.24. The number of rotatable bonds is 5. The normalized spacial score (nSPS) is 14.2. The van der Waals surface area contributed by atoms with Crippen LogP contribution in [0.5, 0.6) is 0 Å². The average Bonchev–Trinajstić information content (AvgIpc) is 2.54. The maximum Gasteiger partial charge on any atom is 0.242 e. The average molecular weight is 359 g/mol. The number of nitrogens with two attached hydrogens (primary N) is 1. The van der Waals surface area contributed by atoms with Gasteiger partial charge in [0.1, 0.15) is 5.82 Å². The number of halogens is 2. The van der Waals surface area contributed by atoms with Gasteiger partial charge in [-0.25, -0.2) is 4.39 Å². The summed E-state index contributed by atoms with van der Waals surface area (Å²) in [5.74, 6) is -1.31. The maximum absolute atomic E-state index is 13.2. The summed E-state index contributed by atoms with van der Waals surface area (Å²) in [6, 6.07) is 6.07. The molecule has 2 rings (SSSR count). The largest absolute Gasteiger partial charge is 0.346 e. The number of hydrogen-bond acceptors (Lipinski definition) is 4. The van der Waals surface area contributed by atoms with Gasteiger partial charge < -0.3 is 20.9 Å². The summed E-state index contributed by atoms with van der Waals surface area (Å²) >= 11 is 0. The fourth-order valence-corrected chi connectivity index (χ4v) is 2.30. The van der Waals surface area contributed by atoms with Crippen LogP contribution in [0.3, 0.4) is 0 Å². The summed E-state index contributed by atoms with van der Waals surface area (Å²) in [7, 11) is 0. The molecule has 1 aromatic rings. The van der Waals surface area contributed by atoms with Gasteiger partial charge in [0.15, 0.2) is 0 Å². The molecule has 0 atom stereocenters. The van der Waals surface area contributed by atoms with Crippen LogP contribution in [-0.2, 0) is 20.9 Å². The van der Waals surface area contributed by atoms with Crippen LogP contribution in [0.25, 0.3) is 0 Å². The Hall–Kier alpha value is -2.19. The van der Waals surface area contributed by atoms with E-state index in [1.807, 2.05) is 0 Å². The summed E-state index contributed by atoms with van der Waals surface area (Å²) in [6.07, 6.45) is 0. The van der Waals surface area contributed by atoms with E-state index in [-0.39, 0.29) is 49.7 Å². The summed E-state index contributed by atoms with van der Waals surface area (Å²) in [4.78, 5) is 38.1. The van der Waals surface area contributed by atoms with Gasteiger partial charge in [0.05, 0.1) is 19.6 Å². The summed E-state index contributed by atoms with van der Waals surface area (Å²) < 4.78 is 13.2. The first kappa shape index (κ1) is 19.9. The van der Waals surface area contributed by atoms with E-state index in [1.165, 1.54) is 17.0 Å². The third-order valence-corrected chi connectivity index (χ3v) is 3.56. The molecule has 0 saturated carbocycles. The standard InChI is InChI=1S/C15H19FN4O3.ClH/c16-12-3-1-2-11(6-12)9-19-4-5-20(10-15(19)23)14(22)8-18-13(21)7-17;/h1-3,6H,4-5,7-10,17H2,(H,18,21);1H. The van der Waals surface area contributed by atoms with Gasteiger partial charge in [-0.3, -0.25) is 14.4 Å². The van der Waals surface area contributed by atoms with Crippen molar-refractivity contribution in [2.45, 2.75) is 6.54 Å². The lowest BCUT2D eigenvalue weighted by atomic mass is 10.2. The van der Waals surface area contributed by atoms with E-state index in [2.05, 4.69) is 5.32 Å². The van der Waals surface area contributed by atoms with Crippen LogP contribution in [0, 0.1) is 5.82 Å². The third kappa shape index (κ3) is 5.47. The Morgan fingerprint density at radius 3 is 2.67 bits per heavy atom. The molecule has 1 aromatic carbocycles. The molecule has 3 amide bonds. The van der Waals surface area contributed by atoms with Gasteiger partial charge in [0, 0.05) is 19.6 Å². The van der Waals surface area contributed by atoms with E-state index in [0.29, 0.717) is 25.2 Å². The highest BCUT2D eigenvalue weighted by molar-refractivity contribution is 5.89. The predicted molar refractivity (Wildman–Crippen MR) is 87.7 cm³/mol. The molecule has 132 valence electrons. The minimum atomic E-state index is -0.422. The van der Waals surface area contributed by atoms with Crippen molar-refractivity contribution in [3.05, 3.63) is 35.6 Å². The highest BCUT2D eigenvalue weighted by Crippen LogP contribution is 2.11. The number of carbonyl (C=O) groups excluding carboxylic acids is 3. The van der Waals surface area contributed by atoms with Crippen LogP contribution in [0.2, 0.25) is 0 Å². The zero-order chi connectivity index (χ0) is 16.8. The lowest BCUT2D eigenvalue weighted by molar-refractivity contribution is -0.145. The van der Waals surface area contributed by atoms with Gasteiger partial charge in [-0.1, -0.05) is 12.1 Å². The van der Waals surface area contributed by atoms with E-state index < -0.39 is 5.91 Å². The number of nitrogens with one attached hydrogen (secondary N) is 1. The molecule has 0 spiro atoms. The molecule has 24 heavy (non-hydrogen) atoms. The van der Waals surface area contributed by atoms with E-state index in [4.69, 9.17) is 5.73 Å². The topological polar surface area (TPSA) is 95.7 Å². The molecule has 3 N–H and O–H groups in total. The summed E-state index contributed by atoms with van der Waals surface area (Å²) in [5.41, 5.74) is 5.84. The predicted octanol–water partition coefficient (Wildman–Crippen LogP) is -0.507. The maximum atomic E-state index is 13.2. The molecular formula is C15H20ClFN4O3. The Bertz CT molecular complexity index is 614. The van der Waals surface area contributed by atoms with Crippen molar-refractivity contribution in [2.24, 2.45) is 5.73 Å². The molecular weight excluding hydrogens is 339 g/mol. The Morgan fingerprint density at radius 2 is 2.04 bits per heavy atom. The first-order valence-corrected chi connectivity index (χ1v) is 7.26. The fraction of sp³-hybridized carbons (Fsp3) is 0.400. The summed E-state index contributed by atoms with van der Waals surface area (Å²) in [5, 5.41) is 2.38. The molecule has 0 radical (unpaired) electrons. The van der Waals surface area contributed by atoms with Crippen molar-refractivity contribution in [3.63, 3.8) is 0 Å².